The summed E-state index contributed by atoms with van der Waals surface area (Å²) in [4.78, 5) is 23.1. The van der Waals surface area contributed by atoms with Crippen molar-refractivity contribution in [2.24, 2.45) is 5.92 Å². The number of esters is 2. The molecule has 1 rings (SSSR count). The molecule has 0 amide bonds. The molecule has 26 heavy (non-hydrogen) atoms. The molecular formula is C20H28F2O4. The fraction of sp³-hybridized carbons (Fsp3) is 0.600. The van der Waals surface area contributed by atoms with Crippen LogP contribution in [0.1, 0.15) is 65.2 Å². The number of unbranched alkanes of at least 4 members (excludes halogenated alkanes) is 5. The van der Waals surface area contributed by atoms with Crippen LogP contribution in [0.5, 0.6) is 5.75 Å². The van der Waals surface area contributed by atoms with Gasteiger partial charge in [-0.15, -0.1) is 0 Å². The van der Waals surface area contributed by atoms with Crippen molar-refractivity contribution in [1.29, 1.82) is 0 Å². The van der Waals surface area contributed by atoms with Gasteiger partial charge in [0, 0.05) is 31.0 Å². The van der Waals surface area contributed by atoms with Gasteiger partial charge in [-0.2, -0.15) is 0 Å². The zero-order valence-corrected chi connectivity index (χ0v) is 15.6. The normalized spacial score (nSPS) is 10.8. The Hall–Kier alpha value is -1.98. The average molecular weight is 370 g/mol. The maximum atomic E-state index is 13.0. The Morgan fingerprint density at radius 1 is 0.846 bits per heavy atom. The van der Waals surface area contributed by atoms with Crippen LogP contribution in [-0.4, -0.2) is 18.5 Å². The zero-order valence-electron chi connectivity index (χ0n) is 15.6. The van der Waals surface area contributed by atoms with Crippen molar-refractivity contribution < 1.29 is 27.8 Å². The van der Waals surface area contributed by atoms with Gasteiger partial charge in [0.05, 0.1) is 6.61 Å². The molecule has 0 bridgehead atoms. The van der Waals surface area contributed by atoms with E-state index in [-0.39, 0.29) is 18.1 Å². The Morgan fingerprint density at radius 3 is 1.88 bits per heavy atom. The lowest BCUT2D eigenvalue weighted by atomic mass is 10.1. The second-order valence-electron chi connectivity index (χ2n) is 6.78. The van der Waals surface area contributed by atoms with Gasteiger partial charge in [0.15, 0.2) is 0 Å². The number of halogens is 2. The summed E-state index contributed by atoms with van der Waals surface area (Å²) >= 11 is 0. The van der Waals surface area contributed by atoms with Gasteiger partial charge < -0.3 is 9.47 Å². The van der Waals surface area contributed by atoms with E-state index < -0.39 is 17.6 Å². The Morgan fingerprint density at radius 2 is 1.35 bits per heavy atom. The molecule has 0 aromatic heterocycles. The van der Waals surface area contributed by atoms with Gasteiger partial charge in [0.1, 0.15) is 17.4 Å². The van der Waals surface area contributed by atoms with Crippen molar-refractivity contribution in [3.63, 3.8) is 0 Å². The van der Waals surface area contributed by atoms with E-state index in [2.05, 4.69) is 0 Å². The average Bonchev–Trinajstić information content (AvgIpc) is 2.54. The van der Waals surface area contributed by atoms with E-state index in [9.17, 15) is 18.4 Å². The van der Waals surface area contributed by atoms with Gasteiger partial charge in [0.25, 0.3) is 0 Å². The molecular weight excluding hydrogens is 342 g/mol. The Balaban J connectivity index is 2.01. The molecule has 0 aliphatic carbocycles. The maximum Gasteiger partial charge on any atom is 0.311 e. The number of carbonyl (C=O) groups is 2. The van der Waals surface area contributed by atoms with Crippen LogP contribution in [0.25, 0.3) is 0 Å². The Bertz CT molecular complexity index is 553. The number of hydrogen-bond donors (Lipinski definition) is 0. The highest BCUT2D eigenvalue weighted by Crippen LogP contribution is 2.17. The first kappa shape index (κ1) is 22.1. The summed E-state index contributed by atoms with van der Waals surface area (Å²) in [5, 5.41) is 0. The highest BCUT2D eigenvalue weighted by Gasteiger charge is 2.08. The first-order valence-corrected chi connectivity index (χ1v) is 9.19. The van der Waals surface area contributed by atoms with Crippen LogP contribution in [-0.2, 0) is 14.3 Å². The van der Waals surface area contributed by atoms with Gasteiger partial charge in [-0.1, -0.05) is 39.5 Å². The number of carbonyl (C=O) groups excluding carboxylic acids is 2. The van der Waals surface area contributed by atoms with Crippen LogP contribution in [0.4, 0.5) is 8.78 Å². The summed E-state index contributed by atoms with van der Waals surface area (Å²) in [7, 11) is 0. The minimum Gasteiger partial charge on any atom is -0.465 e. The molecule has 4 nitrogen and oxygen atoms in total. The maximum absolute atomic E-state index is 13.0. The predicted octanol–water partition coefficient (Wildman–Crippen LogP) is 5.19. The molecule has 0 unspecified atom stereocenters. The van der Waals surface area contributed by atoms with Crippen molar-refractivity contribution in [3.05, 3.63) is 29.8 Å². The molecule has 0 atom stereocenters. The predicted molar refractivity (Wildman–Crippen MR) is 94.7 cm³/mol. The van der Waals surface area contributed by atoms with E-state index in [4.69, 9.17) is 9.47 Å². The van der Waals surface area contributed by atoms with Crippen LogP contribution in [0.3, 0.4) is 0 Å². The van der Waals surface area contributed by atoms with Crippen LogP contribution in [0, 0.1) is 17.6 Å². The second-order valence-corrected chi connectivity index (χ2v) is 6.78. The quantitative estimate of drug-likeness (QED) is 0.289. The van der Waals surface area contributed by atoms with Crippen LogP contribution in [0.2, 0.25) is 0 Å². The molecule has 0 heterocycles. The fourth-order valence-electron chi connectivity index (χ4n) is 2.35. The molecule has 0 aliphatic heterocycles. The molecule has 0 spiro atoms. The number of benzene rings is 1. The van der Waals surface area contributed by atoms with Crippen molar-refractivity contribution in [1.82, 2.24) is 0 Å². The molecule has 6 heteroatoms. The first-order chi connectivity index (χ1) is 12.4. The topological polar surface area (TPSA) is 52.6 Å². The molecule has 1 aromatic carbocycles. The minimum absolute atomic E-state index is 0.114. The van der Waals surface area contributed by atoms with Crippen molar-refractivity contribution >= 4 is 11.9 Å². The minimum atomic E-state index is -0.777. The van der Waals surface area contributed by atoms with E-state index in [1.165, 1.54) is 0 Å². The highest BCUT2D eigenvalue weighted by atomic mass is 19.1. The summed E-state index contributed by atoms with van der Waals surface area (Å²) in [5.74, 6) is -1.96. The van der Waals surface area contributed by atoms with E-state index in [0.717, 1.165) is 50.3 Å². The standard InChI is InChI=1S/C20H28F2O4/c1-15(2)14-25-19(23)9-7-5-3-4-6-8-10-20(24)26-18-12-16(21)11-17(22)13-18/h11-13,15H,3-10,14H2,1-2H3. The lowest BCUT2D eigenvalue weighted by molar-refractivity contribution is -0.144. The van der Waals surface area contributed by atoms with Crippen molar-refractivity contribution in [2.45, 2.75) is 65.2 Å². The molecule has 146 valence electrons. The fourth-order valence-corrected chi connectivity index (χ4v) is 2.35. The summed E-state index contributed by atoms with van der Waals surface area (Å²) in [5.41, 5.74) is 0. The smallest absolute Gasteiger partial charge is 0.311 e. The summed E-state index contributed by atoms with van der Waals surface area (Å²) in [6.45, 7) is 4.47. The first-order valence-electron chi connectivity index (χ1n) is 9.19. The van der Waals surface area contributed by atoms with Gasteiger partial charge in [-0.05, 0) is 18.8 Å². The third-order valence-corrected chi connectivity index (χ3v) is 3.66. The second kappa shape index (κ2) is 12.4. The molecule has 0 fully saturated rings. The lowest BCUT2D eigenvalue weighted by Crippen LogP contribution is -2.09. The van der Waals surface area contributed by atoms with E-state index in [1.54, 1.807) is 0 Å². The molecule has 0 aliphatic rings. The van der Waals surface area contributed by atoms with Gasteiger partial charge >= 0.3 is 11.9 Å². The largest absolute Gasteiger partial charge is 0.465 e. The number of hydrogen-bond acceptors (Lipinski definition) is 4. The summed E-state index contributed by atoms with van der Waals surface area (Å²) < 4.78 is 36.0. The SMILES string of the molecule is CC(C)COC(=O)CCCCCCCCC(=O)Oc1cc(F)cc(F)c1. The molecule has 0 saturated heterocycles. The molecule has 0 saturated carbocycles. The van der Waals surface area contributed by atoms with Crippen LogP contribution >= 0.6 is 0 Å². The Kier molecular flexibility index (Phi) is 10.5. The van der Waals surface area contributed by atoms with Crippen LogP contribution in [0.15, 0.2) is 18.2 Å². The van der Waals surface area contributed by atoms with Crippen LogP contribution < -0.4 is 4.74 Å². The highest BCUT2D eigenvalue weighted by molar-refractivity contribution is 5.72. The molecule has 1 aromatic rings. The van der Waals surface area contributed by atoms with E-state index in [0.29, 0.717) is 25.4 Å². The van der Waals surface area contributed by atoms with Gasteiger partial charge in [-0.3, -0.25) is 9.59 Å². The third kappa shape index (κ3) is 10.8. The third-order valence-electron chi connectivity index (χ3n) is 3.66. The van der Waals surface area contributed by atoms with Crippen molar-refractivity contribution in [2.75, 3.05) is 6.61 Å². The number of rotatable bonds is 12. The molecule has 0 radical (unpaired) electrons. The lowest BCUT2D eigenvalue weighted by Gasteiger charge is -2.07. The summed E-state index contributed by atoms with van der Waals surface area (Å²) in [6, 6.07) is 2.68. The monoisotopic (exact) mass is 370 g/mol. The zero-order chi connectivity index (χ0) is 19.4. The van der Waals surface area contributed by atoms with E-state index >= 15 is 0 Å². The van der Waals surface area contributed by atoms with E-state index in [1.807, 2.05) is 13.8 Å². The van der Waals surface area contributed by atoms with Gasteiger partial charge in [0.2, 0.25) is 0 Å². The number of ether oxygens (including phenoxy) is 2. The van der Waals surface area contributed by atoms with Crippen molar-refractivity contribution in [3.8, 4) is 5.75 Å². The van der Waals surface area contributed by atoms with Gasteiger partial charge in [-0.25, -0.2) is 8.78 Å². The molecule has 0 N–H and O–H groups in total. The Labute approximate surface area is 153 Å². The summed E-state index contributed by atoms with van der Waals surface area (Å²) in [6.07, 6.45) is 5.89.